The third-order valence-corrected chi connectivity index (χ3v) is 9.32. The number of hydrogen-bond acceptors (Lipinski definition) is 10. The number of methoxy groups -OCH3 is 1. The molecule has 0 bridgehead atoms. The predicted octanol–water partition coefficient (Wildman–Crippen LogP) is 7.44. The Bertz CT molecular complexity index is 1610. The molecule has 0 spiro atoms. The van der Waals surface area contributed by atoms with Gasteiger partial charge in [-0.3, -0.25) is 0 Å². The van der Waals surface area contributed by atoms with Gasteiger partial charge < -0.3 is 24.6 Å². The fourth-order valence-corrected chi connectivity index (χ4v) is 6.67. The lowest BCUT2D eigenvalue weighted by Crippen LogP contribution is -2.24. The van der Waals surface area contributed by atoms with E-state index in [0.717, 1.165) is 69.1 Å². The number of aromatic nitrogens is 2. The summed E-state index contributed by atoms with van der Waals surface area (Å²) in [5.74, 6) is 2.01. The number of unbranched alkanes of at least 4 members (excludes halogenated alkanes) is 1. The molecule has 8 nitrogen and oxygen atoms in total. The van der Waals surface area contributed by atoms with Crippen LogP contribution in [0.4, 0.5) is 11.6 Å². The van der Waals surface area contributed by atoms with Crippen molar-refractivity contribution in [1.29, 1.82) is 5.26 Å². The fourth-order valence-electron chi connectivity index (χ4n) is 4.76. The number of hydrogen-bond donors (Lipinski definition) is 1. The van der Waals surface area contributed by atoms with Crippen molar-refractivity contribution in [2.75, 3.05) is 45.6 Å². The minimum Gasteiger partial charge on any atom is -0.497 e. The molecule has 1 aliphatic rings. The van der Waals surface area contributed by atoms with Crippen molar-refractivity contribution in [3.63, 3.8) is 0 Å². The maximum Gasteiger partial charge on any atom is 0.227 e. The third kappa shape index (κ3) is 6.81. The van der Waals surface area contributed by atoms with Gasteiger partial charge in [-0.05, 0) is 61.9 Å². The second kappa shape index (κ2) is 13.6. The first-order chi connectivity index (χ1) is 20.5. The molecule has 0 saturated heterocycles. The van der Waals surface area contributed by atoms with E-state index in [1.807, 2.05) is 60.9 Å². The molecule has 0 aliphatic carbocycles. The first-order valence-electron chi connectivity index (χ1n) is 13.7. The molecule has 0 fully saturated rings. The number of thiophene rings is 1. The van der Waals surface area contributed by atoms with E-state index in [-0.39, 0.29) is 0 Å². The van der Waals surface area contributed by atoms with Crippen LogP contribution in [-0.4, -0.2) is 60.0 Å². The Kier molecular flexibility index (Phi) is 9.52. The highest BCUT2D eigenvalue weighted by atomic mass is 32.2. The Morgan fingerprint density at radius 1 is 1.12 bits per heavy atom. The van der Waals surface area contributed by atoms with Crippen LogP contribution in [0.3, 0.4) is 0 Å². The average molecular weight is 599 g/mol. The summed E-state index contributed by atoms with van der Waals surface area (Å²) < 4.78 is 12.4. The Balaban J connectivity index is 1.28. The van der Waals surface area contributed by atoms with Crippen LogP contribution in [-0.2, 0) is 0 Å². The molecule has 10 heteroatoms. The van der Waals surface area contributed by atoms with Gasteiger partial charge in [-0.15, -0.1) is 23.1 Å². The number of nitrogens with zero attached hydrogens (tertiary/aromatic N) is 5. The van der Waals surface area contributed by atoms with Crippen LogP contribution in [0.15, 0.2) is 76.9 Å². The van der Waals surface area contributed by atoms with Crippen LogP contribution < -0.4 is 14.8 Å². The number of rotatable bonds is 12. The van der Waals surface area contributed by atoms with Gasteiger partial charge in [-0.2, -0.15) is 5.26 Å². The molecule has 4 aromatic rings. The Hall–Kier alpha value is -4.20. The van der Waals surface area contributed by atoms with Crippen molar-refractivity contribution < 1.29 is 9.47 Å². The normalized spacial score (nSPS) is 12.7. The van der Waals surface area contributed by atoms with Gasteiger partial charge in [-0.1, -0.05) is 18.2 Å². The van der Waals surface area contributed by atoms with Gasteiger partial charge in [0.15, 0.2) is 0 Å². The molecular weight excluding hydrogens is 565 g/mol. The molecule has 0 amide bonds. The van der Waals surface area contributed by atoms with Crippen molar-refractivity contribution >= 4 is 34.7 Å². The number of anilines is 2. The van der Waals surface area contributed by atoms with Crippen molar-refractivity contribution in [2.45, 2.75) is 24.0 Å². The van der Waals surface area contributed by atoms with Gasteiger partial charge >= 0.3 is 0 Å². The zero-order valence-electron chi connectivity index (χ0n) is 24.3. The molecule has 0 radical (unpaired) electrons. The Morgan fingerprint density at radius 3 is 2.71 bits per heavy atom. The second-order valence-corrected chi connectivity index (χ2v) is 12.0. The maximum absolute atomic E-state index is 10.1. The molecule has 1 aliphatic heterocycles. The quantitative estimate of drug-likeness (QED) is 0.132. The SMILES string of the molecule is COc1cccc(-c2c(-c3ccnc(Nc4cccc(OCCCCN5C=C(C)N(C)C5)c4)n3)sc(SC)c2C#N)c1. The molecule has 0 atom stereocenters. The molecule has 216 valence electrons. The van der Waals surface area contributed by atoms with Gasteiger partial charge in [0, 0.05) is 49.0 Å². The van der Waals surface area contributed by atoms with Gasteiger partial charge in [0.05, 0.1) is 40.7 Å². The van der Waals surface area contributed by atoms with E-state index >= 15 is 0 Å². The van der Waals surface area contributed by atoms with Crippen molar-refractivity contribution in [3.8, 4) is 39.3 Å². The van der Waals surface area contributed by atoms with E-state index in [0.29, 0.717) is 18.1 Å². The van der Waals surface area contributed by atoms with Crippen LogP contribution in [0.1, 0.15) is 25.3 Å². The number of nitriles is 1. The summed E-state index contributed by atoms with van der Waals surface area (Å²) in [6.45, 7) is 4.78. The summed E-state index contributed by atoms with van der Waals surface area (Å²) >= 11 is 3.13. The summed E-state index contributed by atoms with van der Waals surface area (Å²) in [5, 5.41) is 13.4. The van der Waals surface area contributed by atoms with Crippen LogP contribution in [0, 0.1) is 11.3 Å². The molecule has 5 rings (SSSR count). The topological polar surface area (TPSA) is 86.5 Å². The smallest absolute Gasteiger partial charge is 0.227 e. The van der Waals surface area contributed by atoms with Gasteiger partial charge in [0.1, 0.15) is 17.6 Å². The fraction of sp³-hybridized carbons (Fsp3) is 0.281. The minimum absolute atomic E-state index is 0.470. The first kappa shape index (κ1) is 29.3. The number of benzene rings is 2. The molecule has 0 unspecified atom stereocenters. The standard InChI is InChI=1S/C32H34N6O2S2/c1-22-20-38(21-37(22)2)15-5-6-16-40-26-12-8-10-24(18-26)35-32-34-14-13-28(36-32)30-29(27(19-33)31(41-4)42-30)23-9-7-11-25(17-23)39-3/h7-14,17-18,20H,5-6,15-16,21H2,1-4H3,(H,34,35,36). The zero-order chi connectivity index (χ0) is 29.5. The highest BCUT2D eigenvalue weighted by Crippen LogP contribution is 2.46. The van der Waals surface area contributed by atoms with Gasteiger partial charge in [0.2, 0.25) is 5.95 Å². The molecule has 1 N–H and O–H groups in total. The van der Waals surface area contributed by atoms with Crippen molar-refractivity contribution in [3.05, 3.63) is 78.3 Å². The zero-order valence-corrected chi connectivity index (χ0v) is 25.9. The van der Waals surface area contributed by atoms with E-state index in [9.17, 15) is 5.26 Å². The molecule has 0 saturated carbocycles. The Labute approximate surface area is 255 Å². The predicted molar refractivity (Wildman–Crippen MR) is 171 cm³/mol. The van der Waals surface area contributed by atoms with Crippen molar-refractivity contribution in [1.82, 2.24) is 19.8 Å². The highest BCUT2D eigenvalue weighted by Gasteiger charge is 2.22. The van der Waals surface area contributed by atoms with Crippen LogP contribution in [0.2, 0.25) is 0 Å². The second-order valence-electron chi connectivity index (χ2n) is 9.91. The summed E-state index contributed by atoms with van der Waals surface area (Å²) in [7, 11) is 3.76. The molecule has 2 aromatic heterocycles. The summed E-state index contributed by atoms with van der Waals surface area (Å²) in [4.78, 5) is 14.8. The number of nitrogens with one attached hydrogen (secondary N) is 1. The maximum atomic E-state index is 10.1. The number of ether oxygens (including phenoxy) is 2. The lowest BCUT2D eigenvalue weighted by molar-refractivity contribution is 0.264. The molecule has 3 heterocycles. The largest absolute Gasteiger partial charge is 0.497 e. The number of thioether (sulfide) groups is 1. The van der Waals surface area contributed by atoms with E-state index in [1.165, 1.54) is 5.70 Å². The molecular formula is C32H34N6O2S2. The van der Waals surface area contributed by atoms with Crippen LogP contribution in [0.25, 0.3) is 21.7 Å². The van der Waals surface area contributed by atoms with Crippen molar-refractivity contribution in [2.24, 2.45) is 0 Å². The van der Waals surface area contributed by atoms with Crippen LogP contribution >= 0.6 is 23.1 Å². The average Bonchev–Trinajstić information content (AvgIpc) is 3.55. The van der Waals surface area contributed by atoms with Gasteiger partial charge in [-0.25, -0.2) is 9.97 Å². The molecule has 42 heavy (non-hydrogen) atoms. The summed E-state index contributed by atoms with van der Waals surface area (Å²) in [6.07, 6.45) is 7.99. The lowest BCUT2D eigenvalue weighted by Gasteiger charge is -2.18. The van der Waals surface area contributed by atoms with E-state index in [1.54, 1.807) is 36.4 Å². The monoisotopic (exact) mass is 598 g/mol. The summed E-state index contributed by atoms with van der Waals surface area (Å²) in [6, 6.07) is 19.9. The summed E-state index contributed by atoms with van der Waals surface area (Å²) in [5.41, 5.74) is 5.30. The third-order valence-electron chi connectivity index (χ3n) is 6.98. The minimum atomic E-state index is 0.470. The van der Waals surface area contributed by atoms with E-state index in [4.69, 9.17) is 14.5 Å². The lowest BCUT2D eigenvalue weighted by atomic mass is 10.0. The van der Waals surface area contributed by atoms with Crippen LogP contribution in [0.5, 0.6) is 11.5 Å². The van der Waals surface area contributed by atoms with E-state index < -0.39 is 0 Å². The van der Waals surface area contributed by atoms with Gasteiger partial charge in [0.25, 0.3) is 0 Å². The highest BCUT2D eigenvalue weighted by molar-refractivity contribution is 8.00. The van der Waals surface area contributed by atoms with E-state index in [2.05, 4.69) is 46.3 Å². The first-order valence-corrected chi connectivity index (χ1v) is 15.8. The number of allylic oxidation sites excluding steroid dienone is 1. The Morgan fingerprint density at radius 2 is 1.95 bits per heavy atom. The molecule has 2 aromatic carbocycles.